The van der Waals surface area contributed by atoms with E-state index in [0.29, 0.717) is 5.56 Å². The number of hydrogen-bond donors (Lipinski definition) is 1. The highest BCUT2D eigenvalue weighted by atomic mass is 79.9. The number of rotatable bonds is 7. The second-order valence-corrected chi connectivity index (χ2v) is 18.8. The van der Waals surface area contributed by atoms with Crippen LogP contribution in [-0.4, -0.2) is 35.0 Å². The lowest BCUT2D eigenvalue weighted by molar-refractivity contribution is 0.0758. The van der Waals surface area contributed by atoms with Crippen LogP contribution in [-0.2, 0) is 19.2 Å². The predicted molar refractivity (Wildman–Crippen MR) is 148 cm³/mol. The fourth-order valence-electron chi connectivity index (χ4n) is 3.99. The Bertz CT molecular complexity index is 1260. The number of halogens is 3. The van der Waals surface area contributed by atoms with Gasteiger partial charge in [-0.05, 0) is 74.3 Å². The zero-order chi connectivity index (χ0) is 27.8. The van der Waals surface area contributed by atoms with Gasteiger partial charge in [-0.25, -0.2) is 26.9 Å². The standard InChI is InChI=1S/C26H35BrF2N2O4SSi/c1-25(2,3)37(6,7)34-15-14-22(20-16-19(28)12-13-21(20)29)30-24-31-36(32,33)23(26(4,5)35-24)17-8-10-18(27)11-9-17/h8-13,16,22-23H,14-15H2,1-7H3,(H,30,31). The first-order chi connectivity index (χ1) is 16.9. The fourth-order valence-corrected chi connectivity index (χ4v) is 7.08. The van der Waals surface area contributed by atoms with Gasteiger partial charge in [-0.15, -0.1) is 0 Å². The molecule has 1 saturated heterocycles. The van der Waals surface area contributed by atoms with Crippen LogP contribution in [0.3, 0.4) is 0 Å². The Morgan fingerprint density at radius 2 is 1.78 bits per heavy atom. The van der Waals surface area contributed by atoms with Gasteiger partial charge in [-0.1, -0.05) is 48.8 Å². The Kier molecular flexibility index (Phi) is 8.63. The first kappa shape index (κ1) is 29.7. The summed E-state index contributed by atoms with van der Waals surface area (Å²) in [5, 5.41) is -1.05. The van der Waals surface area contributed by atoms with E-state index in [1.165, 1.54) is 0 Å². The van der Waals surface area contributed by atoms with Gasteiger partial charge < -0.3 is 9.16 Å². The van der Waals surface area contributed by atoms with E-state index < -0.39 is 46.9 Å². The van der Waals surface area contributed by atoms with Gasteiger partial charge in [0.2, 0.25) is 10.0 Å². The van der Waals surface area contributed by atoms with Crippen LogP contribution >= 0.6 is 15.9 Å². The Morgan fingerprint density at radius 1 is 1.16 bits per heavy atom. The van der Waals surface area contributed by atoms with Crippen LogP contribution in [0.15, 0.2) is 51.9 Å². The summed E-state index contributed by atoms with van der Waals surface area (Å²) in [6.07, 6.45) is 0.206. The number of nitrogens with zero attached hydrogens (tertiary/aromatic N) is 1. The Labute approximate surface area is 228 Å². The molecule has 37 heavy (non-hydrogen) atoms. The van der Waals surface area contributed by atoms with Crippen molar-refractivity contribution in [1.82, 2.24) is 4.72 Å². The van der Waals surface area contributed by atoms with Crippen molar-refractivity contribution in [3.8, 4) is 0 Å². The van der Waals surface area contributed by atoms with Crippen molar-refractivity contribution < 1.29 is 26.4 Å². The molecule has 1 aliphatic rings. The van der Waals surface area contributed by atoms with Crippen molar-refractivity contribution >= 4 is 40.3 Å². The summed E-state index contributed by atoms with van der Waals surface area (Å²) in [4.78, 5) is 4.45. The van der Waals surface area contributed by atoms with Crippen LogP contribution in [0.25, 0.3) is 0 Å². The molecule has 1 heterocycles. The van der Waals surface area contributed by atoms with Gasteiger partial charge >= 0.3 is 0 Å². The molecule has 0 aliphatic carbocycles. The zero-order valence-electron chi connectivity index (χ0n) is 22.2. The fraction of sp³-hybridized carbons (Fsp3) is 0.500. The van der Waals surface area contributed by atoms with Gasteiger partial charge in [0.1, 0.15) is 22.5 Å². The minimum Gasteiger partial charge on any atom is -0.457 e. The van der Waals surface area contributed by atoms with E-state index in [1.807, 2.05) is 0 Å². The summed E-state index contributed by atoms with van der Waals surface area (Å²) in [6, 6.07) is 8.88. The maximum Gasteiger partial charge on any atom is 0.299 e. The average molecular weight is 618 g/mol. The van der Waals surface area contributed by atoms with Gasteiger partial charge in [0.15, 0.2) is 8.32 Å². The SMILES string of the molecule is CC1(C)OC(=NC(CCO[Si](C)(C)C(C)(C)C)c2cc(F)ccc2F)NS(=O)(=O)C1c1ccc(Br)cc1. The van der Waals surface area contributed by atoms with Gasteiger partial charge in [-0.2, -0.15) is 0 Å². The zero-order valence-corrected chi connectivity index (χ0v) is 25.6. The van der Waals surface area contributed by atoms with E-state index in [0.717, 1.165) is 22.7 Å². The molecule has 3 rings (SSSR count). The topological polar surface area (TPSA) is 77.0 Å². The molecule has 0 amide bonds. The number of sulfonamides is 1. The summed E-state index contributed by atoms with van der Waals surface area (Å²) in [5.74, 6) is -1.26. The molecule has 1 fully saturated rings. The summed E-state index contributed by atoms with van der Waals surface area (Å²) < 4.78 is 71.1. The van der Waals surface area contributed by atoms with Crippen molar-refractivity contribution in [2.24, 2.45) is 4.99 Å². The normalized spacial score (nSPS) is 21.2. The second kappa shape index (κ2) is 10.7. The molecule has 2 aromatic carbocycles. The molecular weight excluding hydrogens is 582 g/mol. The van der Waals surface area contributed by atoms with E-state index >= 15 is 0 Å². The maximum absolute atomic E-state index is 14.8. The molecule has 11 heteroatoms. The highest BCUT2D eigenvalue weighted by Gasteiger charge is 2.48. The molecule has 2 atom stereocenters. The Balaban J connectivity index is 1.95. The van der Waals surface area contributed by atoms with Crippen LogP contribution in [0.1, 0.15) is 63.5 Å². The summed E-state index contributed by atoms with van der Waals surface area (Å²) in [6.45, 7) is 14.1. The number of benzene rings is 2. The van der Waals surface area contributed by atoms with E-state index in [1.54, 1.807) is 38.1 Å². The molecule has 2 unspecified atom stereocenters. The highest BCUT2D eigenvalue weighted by molar-refractivity contribution is 9.10. The first-order valence-electron chi connectivity index (χ1n) is 12.1. The summed E-state index contributed by atoms with van der Waals surface area (Å²) in [5.41, 5.74) is -0.642. The quantitative estimate of drug-likeness (QED) is 0.340. The van der Waals surface area contributed by atoms with Crippen molar-refractivity contribution in [3.63, 3.8) is 0 Å². The molecule has 0 spiro atoms. The number of amidine groups is 1. The van der Waals surface area contributed by atoms with E-state index in [4.69, 9.17) is 9.16 Å². The molecule has 1 aliphatic heterocycles. The predicted octanol–water partition coefficient (Wildman–Crippen LogP) is 7.01. The largest absolute Gasteiger partial charge is 0.457 e. The van der Waals surface area contributed by atoms with Crippen LogP contribution in [0.2, 0.25) is 18.1 Å². The second-order valence-electron chi connectivity index (χ2n) is 11.3. The van der Waals surface area contributed by atoms with E-state index in [9.17, 15) is 17.2 Å². The lowest BCUT2D eigenvalue weighted by atomic mass is 9.97. The van der Waals surface area contributed by atoms with Crippen molar-refractivity contribution in [2.75, 3.05) is 6.61 Å². The highest BCUT2D eigenvalue weighted by Crippen LogP contribution is 2.40. The molecule has 6 nitrogen and oxygen atoms in total. The maximum atomic E-state index is 14.8. The molecule has 204 valence electrons. The van der Waals surface area contributed by atoms with Crippen LogP contribution in [0.5, 0.6) is 0 Å². The molecule has 1 N–H and O–H groups in total. The van der Waals surface area contributed by atoms with Gasteiger partial charge in [0.05, 0.1) is 6.04 Å². The van der Waals surface area contributed by atoms with Gasteiger partial charge in [0.25, 0.3) is 6.02 Å². The van der Waals surface area contributed by atoms with Crippen molar-refractivity contribution in [3.05, 3.63) is 69.7 Å². The van der Waals surface area contributed by atoms with Crippen LogP contribution < -0.4 is 4.72 Å². The van der Waals surface area contributed by atoms with Crippen molar-refractivity contribution in [2.45, 2.75) is 76.1 Å². The minimum absolute atomic E-state index is 0.00182. The minimum atomic E-state index is -3.97. The molecule has 0 radical (unpaired) electrons. The number of hydrogen-bond acceptors (Lipinski definition) is 5. The first-order valence-corrected chi connectivity index (χ1v) is 17.3. The number of ether oxygens (including phenoxy) is 1. The molecular formula is C26H35BrF2N2O4SSi. The van der Waals surface area contributed by atoms with E-state index in [2.05, 4.69) is 59.5 Å². The smallest absolute Gasteiger partial charge is 0.299 e. The molecule has 2 aromatic rings. The average Bonchev–Trinajstić information content (AvgIpc) is 2.73. The van der Waals surface area contributed by atoms with Gasteiger partial charge in [-0.3, -0.25) is 0 Å². The third kappa shape index (κ3) is 6.98. The molecule has 0 bridgehead atoms. The van der Waals surface area contributed by atoms with Crippen molar-refractivity contribution in [1.29, 1.82) is 0 Å². The lowest BCUT2D eigenvalue weighted by Crippen LogP contribution is -2.53. The Morgan fingerprint density at radius 3 is 2.35 bits per heavy atom. The molecule has 0 saturated carbocycles. The van der Waals surface area contributed by atoms with Crippen LogP contribution in [0.4, 0.5) is 8.78 Å². The Hall–Kier alpha value is -1.82. The number of aliphatic imine (C=N–C) groups is 1. The third-order valence-electron chi connectivity index (χ3n) is 6.95. The monoisotopic (exact) mass is 616 g/mol. The number of nitrogens with one attached hydrogen (secondary N) is 1. The van der Waals surface area contributed by atoms with Crippen LogP contribution in [0, 0.1) is 11.6 Å². The summed E-state index contributed by atoms with van der Waals surface area (Å²) >= 11 is 3.36. The van der Waals surface area contributed by atoms with Gasteiger partial charge in [0, 0.05) is 16.6 Å². The third-order valence-corrected chi connectivity index (χ3v) is 13.9. The molecule has 0 aromatic heterocycles. The lowest BCUT2D eigenvalue weighted by Gasteiger charge is -2.39. The van der Waals surface area contributed by atoms with E-state index in [-0.39, 0.29) is 29.7 Å². The summed E-state index contributed by atoms with van der Waals surface area (Å²) in [7, 11) is -6.08.